The summed E-state index contributed by atoms with van der Waals surface area (Å²) in [6.07, 6.45) is 4.52. The third kappa shape index (κ3) is 3.93. The first-order valence-corrected chi connectivity index (χ1v) is 7.05. The van der Waals surface area contributed by atoms with Gasteiger partial charge in [-0.3, -0.25) is 9.59 Å². The minimum atomic E-state index is 0.0537. The van der Waals surface area contributed by atoms with Crippen molar-refractivity contribution in [3.8, 4) is 0 Å². The van der Waals surface area contributed by atoms with Crippen LogP contribution in [-0.2, 0) is 9.59 Å². The van der Waals surface area contributed by atoms with Crippen molar-refractivity contribution in [3.63, 3.8) is 0 Å². The molecule has 0 saturated heterocycles. The molecule has 0 aliphatic rings. The van der Waals surface area contributed by atoms with E-state index in [-0.39, 0.29) is 29.3 Å². The predicted octanol–water partition coefficient (Wildman–Crippen LogP) is 4.17. The van der Waals surface area contributed by atoms with Gasteiger partial charge >= 0.3 is 0 Å². The Morgan fingerprint density at radius 2 is 1.41 bits per heavy atom. The van der Waals surface area contributed by atoms with Gasteiger partial charge in [0.25, 0.3) is 0 Å². The van der Waals surface area contributed by atoms with Crippen molar-refractivity contribution in [1.29, 1.82) is 0 Å². The quantitative estimate of drug-likeness (QED) is 0.567. The molecule has 0 radical (unpaired) electrons. The number of ketones is 2. The summed E-state index contributed by atoms with van der Waals surface area (Å²) in [6.45, 7) is 10.4. The monoisotopic (exact) mass is 240 g/mol. The van der Waals surface area contributed by atoms with E-state index in [0.29, 0.717) is 6.42 Å². The van der Waals surface area contributed by atoms with Crippen LogP contribution in [0.4, 0.5) is 0 Å². The van der Waals surface area contributed by atoms with Crippen molar-refractivity contribution in [2.75, 3.05) is 0 Å². The smallest absolute Gasteiger partial charge is 0.143 e. The van der Waals surface area contributed by atoms with Gasteiger partial charge in [-0.05, 0) is 31.1 Å². The summed E-state index contributed by atoms with van der Waals surface area (Å²) in [5.41, 5.74) is 0.0971. The molecule has 0 saturated carbocycles. The van der Waals surface area contributed by atoms with E-state index in [1.807, 2.05) is 6.92 Å². The third-order valence-corrected chi connectivity index (χ3v) is 4.41. The minimum Gasteiger partial charge on any atom is -0.299 e. The van der Waals surface area contributed by atoms with E-state index in [2.05, 4.69) is 27.7 Å². The second-order valence-electron chi connectivity index (χ2n) is 4.92. The predicted molar refractivity (Wildman–Crippen MR) is 72.0 cm³/mol. The van der Waals surface area contributed by atoms with Gasteiger partial charge in [-0.25, -0.2) is 0 Å². The Kier molecular flexibility index (Phi) is 7.33. The van der Waals surface area contributed by atoms with Gasteiger partial charge in [-0.1, -0.05) is 34.6 Å². The third-order valence-electron chi connectivity index (χ3n) is 4.41. The molecular formula is C15H28O2. The molecule has 0 N–H and O–H groups in total. The zero-order valence-corrected chi connectivity index (χ0v) is 12.1. The largest absolute Gasteiger partial charge is 0.299 e. The van der Waals surface area contributed by atoms with E-state index in [1.165, 1.54) is 0 Å². The number of carbonyl (C=O) groups is 2. The summed E-state index contributed by atoms with van der Waals surface area (Å²) in [5, 5.41) is 0. The van der Waals surface area contributed by atoms with Crippen LogP contribution in [-0.4, -0.2) is 11.6 Å². The van der Waals surface area contributed by atoms with Crippen LogP contribution in [0.5, 0.6) is 0 Å². The fourth-order valence-corrected chi connectivity index (χ4v) is 2.93. The van der Waals surface area contributed by atoms with Gasteiger partial charge in [-0.15, -0.1) is 0 Å². The van der Waals surface area contributed by atoms with Crippen LogP contribution in [0.25, 0.3) is 0 Å². The lowest BCUT2D eigenvalue weighted by Crippen LogP contribution is -2.35. The Hall–Kier alpha value is -0.660. The molecule has 0 aromatic heterocycles. The molecule has 0 aromatic carbocycles. The molecule has 2 nitrogen and oxygen atoms in total. The second-order valence-corrected chi connectivity index (χ2v) is 4.92. The fraction of sp³-hybridized carbons (Fsp3) is 0.867. The molecule has 1 atom stereocenters. The first-order chi connectivity index (χ1) is 8.01. The summed E-state index contributed by atoms with van der Waals surface area (Å²) >= 11 is 0. The van der Waals surface area contributed by atoms with Crippen molar-refractivity contribution in [2.24, 2.45) is 11.3 Å². The van der Waals surface area contributed by atoms with Gasteiger partial charge in [0.05, 0.1) is 6.42 Å². The molecular weight excluding hydrogens is 212 g/mol. The Balaban J connectivity index is 4.91. The summed E-state index contributed by atoms with van der Waals surface area (Å²) in [7, 11) is 0. The van der Waals surface area contributed by atoms with E-state index in [4.69, 9.17) is 0 Å². The molecule has 0 aromatic rings. The first-order valence-electron chi connectivity index (χ1n) is 7.05. The molecule has 2 heteroatoms. The number of carbonyl (C=O) groups excluding carboxylic acids is 2. The van der Waals surface area contributed by atoms with Crippen LogP contribution in [0.2, 0.25) is 0 Å². The van der Waals surface area contributed by atoms with Crippen molar-refractivity contribution in [3.05, 3.63) is 0 Å². The number of Topliss-reactive ketones (excluding diaryl/α,β-unsaturated/α-hetero) is 2. The maximum absolute atomic E-state index is 12.2. The standard InChI is InChI=1S/C15H28O2/c1-6-12(16)11-14(17)13(7-2)15(8-3,9-4)10-5/h13H,6-11H2,1-5H3. The van der Waals surface area contributed by atoms with Crippen LogP contribution < -0.4 is 0 Å². The molecule has 0 bridgehead atoms. The van der Waals surface area contributed by atoms with Gasteiger partial charge in [0.2, 0.25) is 0 Å². The highest BCUT2D eigenvalue weighted by Gasteiger charge is 2.37. The number of hydrogen-bond donors (Lipinski definition) is 0. The Morgan fingerprint density at radius 1 is 0.941 bits per heavy atom. The van der Waals surface area contributed by atoms with Crippen molar-refractivity contribution >= 4 is 11.6 Å². The SMILES string of the molecule is CCC(=O)CC(=O)C(CC)C(CC)(CC)CC. The first kappa shape index (κ1) is 16.3. The van der Waals surface area contributed by atoms with E-state index < -0.39 is 0 Å². The van der Waals surface area contributed by atoms with Gasteiger partial charge in [-0.2, -0.15) is 0 Å². The summed E-state index contributed by atoms with van der Waals surface area (Å²) in [6, 6.07) is 0. The van der Waals surface area contributed by atoms with Crippen molar-refractivity contribution in [1.82, 2.24) is 0 Å². The molecule has 0 fully saturated rings. The van der Waals surface area contributed by atoms with Crippen molar-refractivity contribution < 1.29 is 9.59 Å². The van der Waals surface area contributed by atoms with E-state index in [9.17, 15) is 9.59 Å². The molecule has 0 aliphatic heterocycles. The van der Waals surface area contributed by atoms with Crippen LogP contribution in [0.3, 0.4) is 0 Å². The van der Waals surface area contributed by atoms with Gasteiger partial charge in [0.1, 0.15) is 11.6 Å². The average molecular weight is 240 g/mol. The van der Waals surface area contributed by atoms with Crippen LogP contribution in [0.15, 0.2) is 0 Å². The maximum Gasteiger partial charge on any atom is 0.143 e. The molecule has 0 heterocycles. The summed E-state index contributed by atoms with van der Waals surface area (Å²) in [5.74, 6) is 0.286. The van der Waals surface area contributed by atoms with Crippen LogP contribution in [0, 0.1) is 11.3 Å². The Morgan fingerprint density at radius 3 is 1.71 bits per heavy atom. The normalized spacial score (nSPS) is 13.5. The Labute approximate surface area is 106 Å². The van der Waals surface area contributed by atoms with E-state index in [0.717, 1.165) is 25.7 Å². The molecule has 0 aliphatic carbocycles. The zero-order valence-electron chi connectivity index (χ0n) is 12.1. The minimum absolute atomic E-state index is 0.0537. The number of rotatable bonds is 9. The van der Waals surface area contributed by atoms with E-state index >= 15 is 0 Å². The molecule has 1 unspecified atom stereocenters. The summed E-state index contributed by atoms with van der Waals surface area (Å²) < 4.78 is 0. The highest BCUT2D eigenvalue weighted by molar-refractivity contribution is 6.00. The molecule has 100 valence electrons. The molecule has 0 amide bonds. The molecule has 0 rings (SSSR count). The van der Waals surface area contributed by atoms with Crippen molar-refractivity contribution in [2.45, 2.75) is 73.1 Å². The lowest BCUT2D eigenvalue weighted by Gasteiger charge is -2.37. The highest BCUT2D eigenvalue weighted by atomic mass is 16.1. The van der Waals surface area contributed by atoms with Gasteiger partial charge in [0, 0.05) is 12.3 Å². The topological polar surface area (TPSA) is 34.1 Å². The van der Waals surface area contributed by atoms with Gasteiger partial charge in [0.15, 0.2) is 0 Å². The fourth-order valence-electron chi connectivity index (χ4n) is 2.93. The molecule has 0 spiro atoms. The summed E-state index contributed by atoms with van der Waals surface area (Å²) in [4.78, 5) is 23.7. The van der Waals surface area contributed by atoms with Gasteiger partial charge < -0.3 is 0 Å². The van der Waals surface area contributed by atoms with Crippen LogP contribution in [0.1, 0.15) is 73.1 Å². The zero-order chi connectivity index (χ0) is 13.5. The van der Waals surface area contributed by atoms with Crippen LogP contribution >= 0.6 is 0 Å². The lowest BCUT2D eigenvalue weighted by molar-refractivity contribution is -0.132. The average Bonchev–Trinajstić information content (AvgIpc) is 2.35. The maximum atomic E-state index is 12.2. The van der Waals surface area contributed by atoms with E-state index in [1.54, 1.807) is 0 Å². The highest BCUT2D eigenvalue weighted by Crippen LogP contribution is 2.41. The Bertz CT molecular complexity index is 243. The second kappa shape index (κ2) is 7.62. The molecule has 17 heavy (non-hydrogen) atoms. The number of hydrogen-bond acceptors (Lipinski definition) is 2. The lowest BCUT2D eigenvalue weighted by atomic mass is 9.66.